The lowest BCUT2D eigenvalue weighted by atomic mass is 9.62. The summed E-state index contributed by atoms with van der Waals surface area (Å²) in [5, 5.41) is 36.0. The van der Waals surface area contributed by atoms with Crippen LogP contribution < -0.4 is 10.6 Å². The standard InChI is InChI=1S/C31H27Cl2F2N7O3/c1-30(2,3)13-23-31(14-36,19-9-8-16(32)12-21(19)34)24(17-5-4-6-20(33)25(17)35)26(29(44)45)42(23)22-10-7-15(27(37)43)11-18(22)28-38-40-41-39-28/h4-12,23-24,26H,13H2,1-3H3,(H2,37,43)(H,44,45)(H,38,39,40,41)/t23-,24-,26+,31-/m1/s1. The maximum Gasteiger partial charge on any atom is 0.327 e. The summed E-state index contributed by atoms with van der Waals surface area (Å²) in [6.07, 6.45) is 0.119. The van der Waals surface area contributed by atoms with Crippen LogP contribution in [0.3, 0.4) is 0 Å². The molecule has 1 amide bonds. The Bertz CT molecular complexity index is 1840. The van der Waals surface area contributed by atoms with E-state index in [1.807, 2.05) is 20.8 Å². The first kappa shape index (κ1) is 31.8. The number of halogens is 4. The van der Waals surface area contributed by atoms with E-state index in [1.54, 1.807) is 0 Å². The number of benzene rings is 3. The summed E-state index contributed by atoms with van der Waals surface area (Å²) < 4.78 is 32.1. The van der Waals surface area contributed by atoms with Crippen molar-refractivity contribution in [3.63, 3.8) is 0 Å². The fourth-order valence-electron chi connectivity index (χ4n) is 6.37. The molecule has 232 valence electrons. The lowest BCUT2D eigenvalue weighted by Crippen LogP contribution is -2.47. The van der Waals surface area contributed by atoms with Crippen molar-refractivity contribution in [2.75, 3.05) is 4.90 Å². The SMILES string of the molecule is CC(C)(C)C[C@H]1N(c2ccc(C(N)=O)cc2-c2nn[nH]n2)[C@H](C(=O)O)[C@@H](c2cccc(Cl)c2F)[C@]1(C#N)c1ccc(Cl)cc1F. The van der Waals surface area contributed by atoms with E-state index in [-0.39, 0.29) is 50.2 Å². The number of carboxylic acid groups (broad SMARTS) is 1. The van der Waals surface area contributed by atoms with E-state index in [4.69, 9.17) is 28.9 Å². The van der Waals surface area contributed by atoms with Gasteiger partial charge in [-0.2, -0.15) is 10.5 Å². The predicted molar refractivity (Wildman–Crippen MR) is 163 cm³/mol. The van der Waals surface area contributed by atoms with Gasteiger partial charge in [-0.1, -0.05) is 62.2 Å². The number of amides is 1. The molecule has 3 aromatic carbocycles. The lowest BCUT2D eigenvalue weighted by Gasteiger charge is -2.40. The topological polar surface area (TPSA) is 162 Å². The average Bonchev–Trinajstić information content (AvgIpc) is 3.59. The Labute approximate surface area is 266 Å². The summed E-state index contributed by atoms with van der Waals surface area (Å²) in [4.78, 5) is 27.1. The highest BCUT2D eigenvalue weighted by Crippen LogP contribution is 2.58. The van der Waals surface area contributed by atoms with Gasteiger partial charge in [-0.25, -0.2) is 13.6 Å². The van der Waals surface area contributed by atoms with Gasteiger partial charge in [0.2, 0.25) is 11.7 Å². The highest BCUT2D eigenvalue weighted by Gasteiger charge is 2.65. The Kier molecular flexibility index (Phi) is 8.29. The normalized spacial score (nSPS) is 21.5. The summed E-state index contributed by atoms with van der Waals surface area (Å²) in [6.45, 7) is 5.64. The van der Waals surface area contributed by atoms with Crippen LogP contribution in [0.25, 0.3) is 11.4 Å². The summed E-state index contributed by atoms with van der Waals surface area (Å²) in [5.41, 5.74) is 2.96. The van der Waals surface area contributed by atoms with Crippen molar-refractivity contribution >= 4 is 40.8 Å². The smallest absolute Gasteiger partial charge is 0.327 e. The first-order valence-electron chi connectivity index (χ1n) is 13.7. The van der Waals surface area contributed by atoms with Crippen LogP contribution in [-0.4, -0.2) is 49.7 Å². The van der Waals surface area contributed by atoms with Crippen molar-refractivity contribution in [2.24, 2.45) is 11.1 Å². The molecule has 45 heavy (non-hydrogen) atoms. The first-order valence-corrected chi connectivity index (χ1v) is 14.5. The minimum Gasteiger partial charge on any atom is -0.480 e. The fourth-order valence-corrected chi connectivity index (χ4v) is 6.71. The first-order chi connectivity index (χ1) is 21.2. The zero-order valence-electron chi connectivity index (χ0n) is 24.2. The molecule has 0 radical (unpaired) electrons. The number of nitrogens with two attached hydrogens (primary N) is 1. The molecule has 4 N–H and O–H groups in total. The van der Waals surface area contributed by atoms with Crippen LogP contribution in [0.4, 0.5) is 14.5 Å². The number of tetrazole rings is 1. The maximum absolute atomic E-state index is 16.1. The number of carbonyl (C=O) groups is 2. The number of aliphatic carboxylic acids is 1. The van der Waals surface area contributed by atoms with Gasteiger partial charge in [-0.3, -0.25) is 4.79 Å². The van der Waals surface area contributed by atoms with Crippen LogP contribution in [0, 0.1) is 28.4 Å². The number of anilines is 1. The molecule has 4 aromatic rings. The van der Waals surface area contributed by atoms with Gasteiger partial charge >= 0.3 is 5.97 Å². The lowest BCUT2D eigenvalue weighted by molar-refractivity contribution is -0.138. The van der Waals surface area contributed by atoms with Crippen LogP contribution in [0.5, 0.6) is 0 Å². The molecule has 0 saturated carbocycles. The zero-order valence-corrected chi connectivity index (χ0v) is 25.7. The Balaban J connectivity index is 1.96. The Hall–Kier alpha value is -4.60. The van der Waals surface area contributed by atoms with Gasteiger partial charge in [0.1, 0.15) is 23.1 Å². The predicted octanol–water partition coefficient (Wildman–Crippen LogP) is 5.87. The van der Waals surface area contributed by atoms with Gasteiger partial charge < -0.3 is 15.7 Å². The van der Waals surface area contributed by atoms with Crippen LogP contribution in [0.1, 0.15) is 54.6 Å². The Morgan fingerprint density at radius 3 is 2.47 bits per heavy atom. The van der Waals surface area contributed by atoms with E-state index < -0.39 is 52.3 Å². The van der Waals surface area contributed by atoms with E-state index in [0.717, 1.165) is 6.07 Å². The molecule has 1 aliphatic heterocycles. The Morgan fingerprint density at radius 2 is 1.89 bits per heavy atom. The van der Waals surface area contributed by atoms with Crippen LogP contribution in [-0.2, 0) is 10.2 Å². The molecule has 1 aliphatic rings. The van der Waals surface area contributed by atoms with Crippen molar-refractivity contribution in [1.29, 1.82) is 5.26 Å². The van der Waals surface area contributed by atoms with Gasteiger partial charge in [0.25, 0.3) is 0 Å². The minimum atomic E-state index is -2.03. The molecule has 1 saturated heterocycles. The largest absolute Gasteiger partial charge is 0.480 e. The molecule has 2 heterocycles. The monoisotopic (exact) mass is 653 g/mol. The van der Waals surface area contributed by atoms with Crippen LogP contribution in [0.2, 0.25) is 10.0 Å². The van der Waals surface area contributed by atoms with Gasteiger partial charge in [0.15, 0.2) is 0 Å². The number of rotatable bonds is 7. The average molecular weight is 655 g/mol. The van der Waals surface area contributed by atoms with Crippen molar-refractivity contribution < 1.29 is 23.5 Å². The quantitative estimate of drug-likeness (QED) is 0.223. The molecule has 5 rings (SSSR count). The van der Waals surface area contributed by atoms with Crippen molar-refractivity contribution in [3.8, 4) is 17.5 Å². The fraction of sp³-hybridized carbons (Fsp3) is 0.290. The molecule has 1 fully saturated rings. The van der Waals surface area contributed by atoms with E-state index >= 15 is 8.78 Å². The highest BCUT2D eigenvalue weighted by molar-refractivity contribution is 6.31. The molecule has 1 aromatic heterocycles. The number of aromatic nitrogens is 4. The molecule has 14 heteroatoms. The van der Waals surface area contributed by atoms with Gasteiger partial charge in [0, 0.05) is 33.3 Å². The van der Waals surface area contributed by atoms with E-state index in [9.17, 15) is 20.0 Å². The minimum absolute atomic E-state index is 0.00985. The number of aromatic amines is 1. The third-order valence-corrected chi connectivity index (χ3v) is 8.58. The molecule has 0 spiro atoms. The zero-order chi connectivity index (χ0) is 32.8. The molecule has 0 unspecified atom stereocenters. The molecule has 4 atom stereocenters. The summed E-state index contributed by atoms with van der Waals surface area (Å²) in [6, 6.07) is 11.5. The third-order valence-electron chi connectivity index (χ3n) is 8.05. The summed E-state index contributed by atoms with van der Waals surface area (Å²) in [7, 11) is 0. The Morgan fingerprint density at radius 1 is 1.16 bits per heavy atom. The number of carbonyl (C=O) groups excluding carboxylic acids is 1. The third kappa shape index (κ3) is 5.47. The van der Waals surface area contributed by atoms with Crippen molar-refractivity contribution in [3.05, 3.63) is 93.0 Å². The molecule has 0 aliphatic carbocycles. The molecular weight excluding hydrogens is 627 g/mol. The maximum atomic E-state index is 16.1. The number of primary amides is 1. The van der Waals surface area contributed by atoms with Crippen LogP contribution >= 0.6 is 23.2 Å². The van der Waals surface area contributed by atoms with Crippen molar-refractivity contribution in [2.45, 2.75) is 50.6 Å². The van der Waals surface area contributed by atoms with E-state index in [2.05, 4.69) is 26.7 Å². The number of H-pyrrole nitrogens is 1. The number of hydrogen-bond acceptors (Lipinski definition) is 7. The summed E-state index contributed by atoms with van der Waals surface area (Å²) in [5.74, 6) is -5.54. The van der Waals surface area contributed by atoms with E-state index in [0.29, 0.717) is 0 Å². The van der Waals surface area contributed by atoms with Gasteiger partial charge in [0.05, 0.1) is 17.1 Å². The molecular formula is C31H27Cl2F2N7O3. The number of nitrogens with zero attached hydrogens (tertiary/aromatic N) is 5. The second-order valence-electron chi connectivity index (χ2n) is 12.0. The van der Waals surface area contributed by atoms with Gasteiger partial charge in [-0.15, -0.1) is 10.2 Å². The molecule has 0 bridgehead atoms. The van der Waals surface area contributed by atoms with Gasteiger partial charge in [-0.05, 0) is 59.0 Å². The van der Waals surface area contributed by atoms with E-state index in [1.165, 1.54) is 53.4 Å². The second-order valence-corrected chi connectivity index (χ2v) is 12.9. The number of hydrogen-bond donors (Lipinski definition) is 3. The number of nitrogens with one attached hydrogen (secondary N) is 1. The highest BCUT2D eigenvalue weighted by atomic mass is 35.5. The number of nitriles is 1. The number of carboxylic acids is 1. The molecule has 10 nitrogen and oxygen atoms in total. The van der Waals surface area contributed by atoms with Crippen LogP contribution in [0.15, 0.2) is 54.6 Å². The van der Waals surface area contributed by atoms with Crippen molar-refractivity contribution in [1.82, 2.24) is 20.6 Å². The summed E-state index contributed by atoms with van der Waals surface area (Å²) >= 11 is 12.3. The second kappa shape index (κ2) is 11.7.